The standard InChI is InChI=1S/C21H25N3O2/c1-3-26-15-7-4-13(5-8-15)19-16-10-11-23-20(16)17-12-14(21(25)22-2)6-9-18(17)24-19/h4-9,12,16,19-20,23-24H,3,10-11H2,1-2H3,(H,22,25). The van der Waals surface area contributed by atoms with Crippen LogP contribution in [0.2, 0.25) is 0 Å². The molecule has 0 aromatic heterocycles. The van der Waals surface area contributed by atoms with Crippen LogP contribution in [0.25, 0.3) is 0 Å². The van der Waals surface area contributed by atoms with Crippen molar-refractivity contribution < 1.29 is 9.53 Å². The molecule has 0 aliphatic carbocycles. The largest absolute Gasteiger partial charge is 0.494 e. The van der Waals surface area contributed by atoms with Gasteiger partial charge < -0.3 is 20.7 Å². The van der Waals surface area contributed by atoms with E-state index in [4.69, 9.17) is 4.74 Å². The maximum Gasteiger partial charge on any atom is 0.251 e. The third kappa shape index (κ3) is 2.92. The molecule has 3 atom stereocenters. The van der Waals surface area contributed by atoms with Gasteiger partial charge in [0.2, 0.25) is 0 Å². The summed E-state index contributed by atoms with van der Waals surface area (Å²) < 4.78 is 5.57. The molecule has 136 valence electrons. The van der Waals surface area contributed by atoms with Crippen LogP contribution in [-0.4, -0.2) is 26.1 Å². The van der Waals surface area contributed by atoms with Crippen molar-refractivity contribution in [3.63, 3.8) is 0 Å². The normalized spacial score (nSPS) is 23.5. The van der Waals surface area contributed by atoms with Gasteiger partial charge in [-0.1, -0.05) is 12.1 Å². The van der Waals surface area contributed by atoms with Crippen molar-refractivity contribution in [2.24, 2.45) is 5.92 Å². The number of benzene rings is 2. The van der Waals surface area contributed by atoms with Gasteiger partial charge in [0, 0.05) is 30.3 Å². The van der Waals surface area contributed by atoms with E-state index in [1.165, 1.54) is 11.1 Å². The van der Waals surface area contributed by atoms with Crippen LogP contribution in [0.1, 0.15) is 46.9 Å². The number of anilines is 1. The highest BCUT2D eigenvalue weighted by Crippen LogP contribution is 2.47. The Morgan fingerprint density at radius 3 is 2.73 bits per heavy atom. The molecule has 0 radical (unpaired) electrons. The Hall–Kier alpha value is -2.53. The molecule has 3 N–H and O–H groups in total. The summed E-state index contributed by atoms with van der Waals surface area (Å²) in [6, 6.07) is 14.9. The maximum absolute atomic E-state index is 12.0. The predicted octanol–water partition coefficient (Wildman–Crippen LogP) is 3.26. The number of fused-ring (bicyclic) bond motifs is 3. The molecule has 0 saturated carbocycles. The van der Waals surface area contributed by atoms with Crippen molar-refractivity contribution in [2.45, 2.75) is 25.4 Å². The second-order valence-corrected chi connectivity index (χ2v) is 6.89. The minimum absolute atomic E-state index is 0.0454. The number of carbonyl (C=O) groups excluding carboxylic acids is 1. The van der Waals surface area contributed by atoms with Gasteiger partial charge in [0.05, 0.1) is 12.6 Å². The molecule has 4 rings (SSSR count). The summed E-state index contributed by atoms with van der Waals surface area (Å²) in [5.41, 5.74) is 4.27. The highest BCUT2D eigenvalue weighted by atomic mass is 16.5. The van der Waals surface area contributed by atoms with E-state index >= 15 is 0 Å². The summed E-state index contributed by atoms with van der Waals surface area (Å²) in [5.74, 6) is 1.32. The molecule has 5 nitrogen and oxygen atoms in total. The van der Waals surface area contributed by atoms with Crippen LogP contribution in [-0.2, 0) is 0 Å². The van der Waals surface area contributed by atoms with E-state index in [1.54, 1.807) is 7.05 Å². The number of rotatable bonds is 4. The zero-order valence-electron chi connectivity index (χ0n) is 15.2. The molecule has 26 heavy (non-hydrogen) atoms. The molecular weight excluding hydrogens is 326 g/mol. The molecule has 0 spiro atoms. The van der Waals surface area contributed by atoms with E-state index in [2.05, 4.69) is 28.1 Å². The van der Waals surface area contributed by atoms with Crippen molar-refractivity contribution in [1.82, 2.24) is 10.6 Å². The maximum atomic E-state index is 12.0. The Kier molecular flexibility index (Phi) is 4.55. The Morgan fingerprint density at radius 1 is 1.19 bits per heavy atom. The summed E-state index contributed by atoms with van der Waals surface area (Å²) in [6.45, 7) is 3.67. The van der Waals surface area contributed by atoms with Crippen LogP contribution in [0.5, 0.6) is 5.75 Å². The average molecular weight is 351 g/mol. The van der Waals surface area contributed by atoms with Gasteiger partial charge in [-0.25, -0.2) is 0 Å². The summed E-state index contributed by atoms with van der Waals surface area (Å²) in [4.78, 5) is 12.0. The van der Waals surface area contributed by atoms with E-state index in [0.717, 1.165) is 24.4 Å². The van der Waals surface area contributed by atoms with E-state index < -0.39 is 0 Å². The zero-order chi connectivity index (χ0) is 18.1. The van der Waals surface area contributed by atoms with Crippen molar-refractivity contribution in [3.05, 3.63) is 59.2 Å². The summed E-state index contributed by atoms with van der Waals surface area (Å²) in [7, 11) is 1.67. The fourth-order valence-corrected chi connectivity index (χ4v) is 4.20. The average Bonchev–Trinajstić information content (AvgIpc) is 3.17. The van der Waals surface area contributed by atoms with Crippen molar-refractivity contribution in [2.75, 3.05) is 25.5 Å². The first kappa shape index (κ1) is 16.9. The summed E-state index contributed by atoms with van der Waals surface area (Å²) in [6.07, 6.45) is 1.11. The second kappa shape index (κ2) is 7.00. The van der Waals surface area contributed by atoms with Gasteiger partial charge >= 0.3 is 0 Å². The van der Waals surface area contributed by atoms with Gasteiger partial charge in [0.15, 0.2) is 0 Å². The molecule has 2 aliphatic heterocycles. The third-order valence-electron chi connectivity index (χ3n) is 5.44. The fourth-order valence-electron chi connectivity index (χ4n) is 4.20. The lowest BCUT2D eigenvalue weighted by molar-refractivity contribution is 0.0963. The Labute approximate surface area is 154 Å². The number of hydrogen-bond donors (Lipinski definition) is 3. The van der Waals surface area contributed by atoms with E-state index in [9.17, 15) is 4.79 Å². The first-order valence-corrected chi connectivity index (χ1v) is 9.30. The molecular formula is C21H25N3O2. The van der Waals surface area contributed by atoms with Crippen molar-refractivity contribution in [1.29, 1.82) is 0 Å². The molecule has 2 aromatic rings. The number of ether oxygens (including phenoxy) is 1. The molecule has 3 unspecified atom stereocenters. The van der Waals surface area contributed by atoms with Crippen LogP contribution in [0.3, 0.4) is 0 Å². The second-order valence-electron chi connectivity index (χ2n) is 6.89. The van der Waals surface area contributed by atoms with Gasteiger partial charge in [-0.05, 0) is 61.3 Å². The SMILES string of the molecule is CCOc1ccc(C2Nc3ccc(C(=O)NC)cc3C3NCCC23)cc1. The smallest absolute Gasteiger partial charge is 0.251 e. The highest BCUT2D eigenvalue weighted by Gasteiger charge is 2.40. The molecule has 1 fully saturated rings. The van der Waals surface area contributed by atoms with E-state index in [1.807, 2.05) is 37.3 Å². The number of hydrogen-bond acceptors (Lipinski definition) is 4. The number of carbonyl (C=O) groups is 1. The molecule has 1 amide bonds. The quantitative estimate of drug-likeness (QED) is 0.791. The molecule has 5 heteroatoms. The third-order valence-corrected chi connectivity index (χ3v) is 5.44. The zero-order valence-corrected chi connectivity index (χ0v) is 15.2. The van der Waals surface area contributed by atoms with Gasteiger partial charge in [-0.3, -0.25) is 4.79 Å². The topological polar surface area (TPSA) is 62.4 Å². The van der Waals surface area contributed by atoms with Crippen LogP contribution in [0, 0.1) is 5.92 Å². The van der Waals surface area contributed by atoms with Crippen LogP contribution in [0.15, 0.2) is 42.5 Å². The Balaban J connectivity index is 1.67. The summed E-state index contributed by atoms with van der Waals surface area (Å²) >= 11 is 0. The van der Waals surface area contributed by atoms with Gasteiger partial charge in [0.25, 0.3) is 5.91 Å². The van der Waals surface area contributed by atoms with Crippen molar-refractivity contribution in [3.8, 4) is 5.75 Å². The molecule has 1 saturated heterocycles. The molecule has 2 aromatic carbocycles. The lowest BCUT2D eigenvalue weighted by Crippen LogP contribution is -2.32. The van der Waals surface area contributed by atoms with Gasteiger partial charge in [-0.2, -0.15) is 0 Å². The highest BCUT2D eigenvalue weighted by molar-refractivity contribution is 5.94. The van der Waals surface area contributed by atoms with Gasteiger partial charge in [-0.15, -0.1) is 0 Å². The Bertz CT molecular complexity index is 803. The number of nitrogens with one attached hydrogen (secondary N) is 3. The van der Waals surface area contributed by atoms with Crippen LogP contribution < -0.4 is 20.7 Å². The molecule has 2 aliphatic rings. The fraction of sp³-hybridized carbons (Fsp3) is 0.381. The first-order chi connectivity index (χ1) is 12.7. The number of amides is 1. The summed E-state index contributed by atoms with van der Waals surface area (Å²) in [5, 5.41) is 10.0. The lowest BCUT2D eigenvalue weighted by atomic mass is 9.80. The molecule has 2 heterocycles. The van der Waals surface area contributed by atoms with E-state index in [0.29, 0.717) is 18.1 Å². The molecule has 0 bridgehead atoms. The van der Waals surface area contributed by atoms with Crippen LogP contribution in [0.4, 0.5) is 5.69 Å². The minimum atomic E-state index is -0.0454. The minimum Gasteiger partial charge on any atom is -0.494 e. The van der Waals surface area contributed by atoms with Gasteiger partial charge in [0.1, 0.15) is 5.75 Å². The van der Waals surface area contributed by atoms with E-state index in [-0.39, 0.29) is 18.0 Å². The first-order valence-electron chi connectivity index (χ1n) is 9.30. The van der Waals surface area contributed by atoms with Crippen molar-refractivity contribution >= 4 is 11.6 Å². The predicted molar refractivity (Wildman–Crippen MR) is 103 cm³/mol. The lowest BCUT2D eigenvalue weighted by Gasteiger charge is -2.37. The Morgan fingerprint density at radius 2 is 2.00 bits per heavy atom. The monoisotopic (exact) mass is 351 g/mol. The van der Waals surface area contributed by atoms with Crippen LogP contribution >= 0.6 is 0 Å².